The fraction of sp³-hybridized carbons (Fsp3) is 0.364. The highest BCUT2D eigenvalue weighted by Crippen LogP contribution is 2.62. The number of hydrogen-bond donors (Lipinski definition) is 0. The van der Waals surface area contributed by atoms with Crippen molar-refractivity contribution in [1.82, 2.24) is 0 Å². The van der Waals surface area contributed by atoms with Gasteiger partial charge in [0.15, 0.2) is 0 Å². The minimum Gasteiger partial charge on any atom is -0.334 e. The van der Waals surface area contributed by atoms with E-state index in [1.54, 1.807) is 0 Å². The second kappa shape index (κ2) is 15.4. The largest absolute Gasteiger partial charge is 0.334 e. The molecule has 0 N–H and O–H groups in total. The topological polar surface area (TPSA) is 9.72 Å². The molecular weight excluding hydrogens is 878 g/mol. The van der Waals surface area contributed by atoms with E-state index in [1.807, 2.05) is 11.3 Å². The van der Waals surface area contributed by atoms with Gasteiger partial charge >= 0.3 is 0 Å². The molecule has 0 bridgehead atoms. The van der Waals surface area contributed by atoms with Gasteiger partial charge in [-0.25, -0.2) is 0 Å². The van der Waals surface area contributed by atoms with E-state index in [1.165, 1.54) is 129 Å². The first kappa shape index (κ1) is 46.3. The summed E-state index contributed by atoms with van der Waals surface area (Å²) in [6.45, 7) is 33.5. The molecule has 3 aliphatic heterocycles. The molecule has 5 heteroatoms. The Balaban J connectivity index is 1.25. The van der Waals surface area contributed by atoms with E-state index in [0.29, 0.717) is 0 Å². The Bertz CT molecular complexity index is 3500. The Morgan fingerprint density at radius 2 is 1.00 bits per heavy atom. The van der Waals surface area contributed by atoms with Gasteiger partial charge in [0.2, 0.25) is 0 Å². The van der Waals surface area contributed by atoms with Gasteiger partial charge in [0, 0.05) is 65.4 Å². The molecule has 2 atom stereocenters. The molecule has 0 radical (unpaired) electrons. The summed E-state index contributed by atoms with van der Waals surface area (Å²) in [5.41, 5.74) is 21.0. The number of nitrogens with zero attached hydrogens (tertiary/aromatic N) is 3. The Labute approximate surface area is 429 Å². The molecular formula is C66H72BN3S. The average molecular weight is 950 g/mol. The minimum absolute atomic E-state index is 0.00884. The number of anilines is 8. The highest BCUT2D eigenvalue weighted by Gasteiger charge is 2.58. The summed E-state index contributed by atoms with van der Waals surface area (Å²) < 4.78 is 2.64. The van der Waals surface area contributed by atoms with Crippen molar-refractivity contribution < 1.29 is 0 Å². The van der Waals surface area contributed by atoms with Crippen molar-refractivity contribution in [2.75, 3.05) is 14.7 Å². The van der Waals surface area contributed by atoms with Gasteiger partial charge in [-0.2, -0.15) is 0 Å². The van der Waals surface area contributed by atoms with Gasteiger partial charge in [-0.3, -0.25) is 0 Å². The van der Waals surface area contributed by atoms with E-state index in [9.17, 15) is 0 Å². The zero-order chi connectivity index (χ0) is 49.9. The zero-order valence-corrected chi connectivity index (χ0v) is 45.7. The van der Waals surface area contributed by atoms with Crippen LogP contribution in [0.5, 0.6) is 0 Å². The van der Waals surface area contributed by atoms with E-state index >= 15 is 0 Å². The normalized spacial score (nSPS) is 19.7. The van der Waals surface area contributed by atoms with Crippen LogP contribution in [0, 0.1) is 0 Å². The third-order valence-electron chi connectivity index (χ3n) is 17.6. The number of fused-ring (bicyclic) bond motifs is 10. The van der Waals surface area contributed by atoms with Crippen LogP contribution in [-0.2, 0) is 27.1 Å². The molecule has 360 valence electrons. The molecule has 1 fully saturated rings. The first-order chi connectivity index (χ1) is 33.5. The fourth-order valence-corrected chi connectivity index (χ4v) is 14.4. The lowest BCUT2D eigenvalue weighted by atomic mass is 9.33. The van der Waals surface area contributed by atoms with Crippen molar-refractivity contribution >= 4 is 100 Å². The predicted molar refractivity (Wildman–Crippen MR) is 311 cm³/mol. The van der Waals surface area contributed by atoms with E-state index in [-0.39, 0.29) is 39.3 Å². The summed E-state index contributed by atoms with van der Waals surface area (Å²) in [5.74, 6) is 0. The maximum atomic E-state index is 2.84. The molecule has 0 saturated heterocycles. The molecule has 12 rings (SSSR count). The standard InChI is InChI=1S/C66H72BN3S/c1-61(2,3)41-21-19-22-45(35-41)68-53-37-43(63(7,8)9)27-30-49(53)67-50-31-28-44(64(10,11)12)38-54(50)69(52-24-20-26-58-59(52)47-23-15-16-25-57(47)71-58)56-40-46(39-55(68)60(56)67)70-51-32-29-42(62(4,5)6)36-48(51)65(13)33-17-18-34-66(65,70)14/h15-16,19-32,35-40H,17-18,33-34H2,1-14H3. The van der Waals surface area contributed by atoms with Crippen molar-refractivity contribution in [3.05, 3.63) is 161 Å². The van der Waals surface area contributed by atoms with Crippen LogP contribution in [0.25, 0.3) is 20.2 Å². The number of hydrogen-bond acceptors (Lipinski definition) is 4. The van der Waals surface area contributed by atoms with E-state index < -0.39 is 0 Å². The quantitative estimate of drug-likeness (QED) is 0.163. The third kappa shape index (κ3) is 6.87. The SMILES string of the molecule is CC(C)(C)c1cccc(N2c3cc(C(C)(C)C)ccc3B3c4ccc(C(C)(C)C)cc4N(c4cccc5sc6ccccc6c45)c4cc(N5c6ccc(C(C)(C)C)cc6C6(C)CCCCC56C)cc2c43)c1. The Hall–Kier alpha value is -5.78. The number of thiophene rings is 1. The molecule has 1 aromatic heterocycles. The van der Waals surface area contributed by atoms with Gasteiger partial charge < -0.3 is 14.7 Å². The highest BCUT2D eigenvalue weighted by atomic mass is 32.1. The van der Waals surface area contributed by atoms with Crippen molar-refractivity contribution in [1.29, 1.82) is 0 Å². The van der Waals surface area contributed by atoms with Crippen molar-refractivity contribution in [2.45, 2.75) is 155 Å². The molecule has 0 spiro atoms. The summed E-state index contributed by atoms with van der Waals surface area (Å²) in [7, 11) is 0. The minimum atomic E-state index is -0.145. The Kier molecular flexibility index (Phi) is 10.0. The lowest BCUT2D eigenvalue weighted by Gasteiger charge is -2.51. The average Bonchev–Trinajstić information content (AvgIpc) is 3.79. The van der Waals surface area contributed by atoms with Crippen LogP contribution in [0.1, 0.15) is 150 Å². The first-order valence-corrected chi connectivity index (χ1v) is 27.3. The molecule has 7 aromatic carbocycles. The third-order valence-corrected chi connectivity index (χ3v) is 18.7. The van der Waals surface area contributed by atoms with Crippen LogP contribution in [0.2, 0.25) is 0 Å². The molecule has 1 saturated carbocycles. The van der Waals surface area contributed by atoms with E-state index in [4.69, 9.17) is 0 Å². The Morgan fingerprint density at radius 3 is 1.66 bits per heavy atom. The summed E-state index contributed by atoms with van der Waals surface area (Å²) >= 11 is 1.91. The van der Waals surface area contributed by atoms with Gasteiger partial charge in [0.1, 0.15) is 0 Å². The van der Waals surface area contributed by atoms with Gasteiger partial charge in [0.05, 0.1) is 11.2 Å². The lowest BCUT2D eigenvalue weighted by molar-refractivity contribution is 0.195. The fourth-order valence-electron chi connectivity index (χ4n) is 13.2. The second-order valence-corrected chi connectivity index (χ2v) is 27.3. The van der Waals surface area contributed by atoms with Gasteiger partial charge in [-0.05, 0) is 146 Å². The monoisotopic (exact) mass is 950 g/mol. The highest BCUT2D eigenvalue weighted by molar-refractivity contribution is 7.26. The van der Waals surface area contributed by atoms with Crippen LogP contribution in [0.15, 0.2) is 133 Å². The molecule has 8 aromatic rings. The summed E-state index contributed by atoms with van der Waals surface area (Å²) in [5, 5.41) is 2.64. The molecule has 4 aliphatic rings. The van der Waals surface area contributed by atoms with Gasteiger partial charge in [0.25, 0.3) is 6.71 Å². The molecule has 2 unspecified atom stereocenters. The number of rotatable bonds is 3. The summed E-state index contributed by atoms with van der Waals surface area (Å²) in [6.07, 6.45) is 4.78. The molecule has 3 nitrogen and oxygen atoms in total. The smallest absolute Gasteiger partial charge is 0.252 e. The Morgan fingerprint density at radius 1 is 0.451 bits per heavy atom. The van der Waals surface area contributed by atoms with Gasteiger partial charge in [-0.1, -0.05) is 176 Å². The maximum absolute atomic E-state index is 2.84. The van der Waals surface area contributed by atoms with Crippen molar-refractivity contribution in [2.24, 2.45) is 0 Å². The summed E-state index contributed by atoms with van der Waals surface area (Å²) in [6, 6.07) is 53.3. The van der Waals surface area contributed by atoms with Crippen LogP contribution < -0.4 is 31.1 Å². The van der Waals surface area contributed by atoms with Crippen LogP contribution in [-0.4, -0.2) is 12.3 Å². The van der Waals surface area contributed by atoms with Gasteiger partial charge in [-0.15, -0.1) is 11.3 Å². The van der Waals surface area contributed by atoms with Crippen LogP contribution in [0.3, 0.4) is 0 Å². The van der Waals surface area contributed by atoms with Crippen LogP contribution in [0.4, 0.5) is 45.5 Å². The maximum Gasteiger partial charge on any atom is 0.252 e. The molecule has 71 heavy (non-hydrogen) atoms. The van der Waals surface area contributed by atoms with E-state index in [0.717, 1.165) is 6.42 Å². The first-order valence-electron chi connectivity index (χ1n) is 26.5. The molecule has 1 aliphatic carbocycles. The van der Waals surface area contributed by atoms with Crippen molar-refractivity contribution in [3.8, 4) is 0 Å². The predicted octanol–water partition coefficient (Wildman–Crippen LogP) is 17.1. The number of benzene rings is 7. The van der Waals surface area contributed by atoms with E-state index in [2.05, 4.69) is 245 Å². The van der Waals surface area contributed by atoms with Crippen molar-refractivity contribution in [3.63, 3.8) is 0 Å². The van der Waals surface area contributed by atoms with Crippen LogP contribution >= 0.6 is 11.3 Å². The second-order valence-electron chi connectivity index (χ2n) is 26.2. The zero-order valence-electron chi connectivity index (χ0n) is 44.9. The lowest BCUT2D eigenvalue weighted by Crippen LogP contribution is -2.61. The molecule has 4 heterocycles. The summed E-state index contributed by atoms with van der Waals surface area (Å²) in [4.78, 5) is 8.23. The molecule has 0 amide bonds.